The first-order chi connectivity index (χ1) is 6.31. The van der Waals surface area contributed by atoms with E-state index in [2.05, 4.69) is 6.07 Å². The molecule has 0 spiro atoms. The minimum atomic E-state index is -0.125. The molecule has 1 heterocycles. The van der Waals surface area contributed by atoms with Crippen LogP contribution in [0.1, 0.15) is 12.5 Å². The second-order valence-electron chi connectivity index (χ2n) is 3.01. The van der Waals surface area contributed by atoms with E-state index in [1.165, 1.54) is 0 Å². The summed E-state index contributed by atoms with van der Waals surface area (Å²) in [6.45, 7) is 1.88. The van der Waals surface area contributed by atoms with Gasteiger partial charge in [-0.15, -0.1) is 0 Å². The largest absolute Gasteiger partial charge is 0.485 e. The van der Waals surface area contributed by atoms with Crippen molar-refractivity contribution < 1.29 is 4.74 Å². The minimum Gasteiger partial charge on any atom is -0.485 e. The average Bonchev–Trinajstić information content (AvgIpc) is 2.17. The van der Waals surface area contributed by atoms with Crippen molar-refractivity contribution >= 4 is 6.08 Å². The van der Waals surface area contributed by atoms with Gasteiger partial charge in [-0.25, -0.2) is 0 Å². The lowest BCUT2D eigenvalue weighted by Crippen LogP contribution is -2.17. The van der Waals surface area contributed by atoms with Gasteiger partial charge in [0.1, 0.15) is 11.9 Å². The number of hydrogen-bond donors (Lipinski definition) is 0. The van der Waals surface area contributed by atoms with Crippen LogP contribution in [0.3, 0.4) is 0 Å². The van der Waals surface area contributed by atoms with Crippen LogP contribution < -0.4 is 4.74 Å². The highest BCUT2D eigenvalue weighted by Gasteiger charge is 2.17. The van der Waals surface area contributed by atoms with Crippen molar-refractivity contribution in [1.29, 1.82) is 5.26 Å². The molecule has 1 unspecified atom stereocenters. The SMILES string of the molecule is CC1Oc2ccccc2C=C1C#N. The van der Waals surface area contributed by atoms with Crippen molar-refractivity contribution in [1.82, 2.24) is 0 Å². The summed E-state index contributed by atoms with van der Waals surface area (Å²) in [5.41, 5.74) is 1.66. The number of nitriles is 1. The molecule has 1 aliphatic rings. The standard InChI is InChI=1S/C11H9NO/c1-8-10(7-12)6-9-4-2-3-5-11(9)13-8/h2-6,8H,1H3. The van der Waals surface area contributed by atoms with Crippen LogP contribution in [0.25, 0.3) is 6.08 Å². The van der Waals surface area contributed by atoms with Gasteiger partial charge in [0.15, 0.2) is 0 Å². The zero-order chi connectivity index (χ0) is 9.26. The smallest absolute Gasteiger partial charge is 0.131 e. The average molecular weight is 171 g/mol. The molecule has 13 heavy (non-hydrogen) atoms. The third kappa shape index (κ3) is 1.29. The molecule has 0 fully saturated rings. The molecule has 2 heteroatoms. The van der Waals surface area contributed by atoms with Crippen LogP contribution in [0.4, 0.5) is 0 Å². The van der Waals surface area contributed by atoms with E-state index in [9.17, 15) is 0 Å². The maximum atomic E-state index is 8.79. The Morgan fingerprint density at radius 1 is 1.38 bits per heavy atom. The summed E-state index contributed by atoms with van der Waals surface area (Å²) in [6, 6.07) is 9.85. The van der Waals surface area contributed by atoms with Crippen LogP contribution >= 0.6 is 0 Å². The Morgan fingerprint density at radius 3 is 2.92 bits per heavy atom. The lowest BCUT2D eigenvalue weighted by atomic mass is 10.0. The van der Waals surface area contributed by atoms with Crippen molar-refractivity contribution in [2.45, 2.75) is 13.0 Å². The summed E-state index contributed by atoms with van der Waals surface area (Å²) in [6.07, 6.45) is 1.75. The highest BCUT2D eigenvalue weighted by atomic mass is 16.5. The molecule has 0 amide bonds. The number of para-hydroxylation sites is 1. The van der Waals surface area contributed by atoms with E-state index in [-0.39, 0.29) is 6.10 Å². The molecule has 0 radical (unpaired) electrons. The van der Waals surface area contributed by atoms with Gasteiger partial charge in [0.2, 0.25) is 0 Å². The third-order valence-corrected chi connectivity index (χ3v) is 2.10. The van der Waals surface area contributed by atoms with Crippen molar-refractivity contribution in [3.63, 3.8) is 0 Å². The third-order valence-electron chi connectivity index (χ3n) is 2.10. The quantitative estimate of drug-likeness (QED) is 0.600. The lowest BCUT2D eigenvalue weighted by molar-refractivity contribution is 0.258. The van der Waals surface area contributed by atoms with Gasteiger partial charge in [0.25, 0.3) is 0 Å². The van der Waals surface area contributed by atoms with E-state index in [4.69, 9.17) is 10.00 Å². The fraction of sp³-hybridized carbons (Fsp3) is 0.182. The summed E-state index contributed by atoms with van der Waals surface area (Å²) in [4.78, 5) is 0. The predicted molar refractivity (Wildman–Crippen MR) is 50.1 cm³/mol. The Bertz CT molecular complexity index is 401. The molecule has 0 saturated carbocycles. The van der Waals surface area contributed by atoms with E-state index in [0.29, 0.717) is 5.57 Å². The molecule has 1 aliphatic heterocycles. The van der Waals surface area contributed by atoms with Gasteiger partial charge in [-0.3, -0.25) is 0 Å². The highest BCUT2D eigenvalue weighted by Crippen LogP contribution is 2.28. The fourth-order valence-corrected chi connectivity index (χ4v) is 1.37. The zero-order valence-corrected chi connectivity index (χ0v) is 7.32. The number of benzene rings is 1. The summed E-state index contributed by atoms with van der Waals surface area (Å²) >= 11 is 0. The van der Waals surface area contributed by atoms with Gasteiger partial charge < -0.3 is 4.74 Å². The molecule has 2 nitrogen and oxygen atoms in total. The first-order valence-corrected chi connectivity index (χ1v) is 4.18. The first-order valence-electron chi connectivity index (χ1n) is 4.18. The second kappa shape index (κ2) is 2.95. The highest BCUT2D eigenvalue weighted by molar-refractivity contribution is 5.65. The van der Waals surface area contributed by atoms with E-state index >= 15 is 0 Å². The minimum absolute atomic E-state index is 0.125. The molecule has 0 aromatic heterocycles. The normalized spacial score (nSPS) is 19.4. The van der Waals surface area contributed by atoms with Crippen molar-refractivity contribution in [2.24, 2.45) is 0 Å². The maximum absolute atomic E-state index is 8.79. The Hall–Kier alpha value is -1.75. The summed E-state index contributed by atoms with van der Waals surface area (Å²) in [7, 11) is 0. The van der Waals surface area contributed by atoms with Gasteiger partial charge in [0.05, 0.1) is 11.6 Å². The number of ether oxygens (including phenoxy) is 1. The van der Waals surface area contributed by atoms with Crippen LogP contribution in [0.15, 0.2) is 29.8 Å². The Labute approximate surface area is 77.1 Å². The van der Waals surface area contributed by atoms with Crippen molar-refractivity contribution in [3.05, 3.63) is 35.4 Å². The van der Waals surface area contributed by atoms with Gasteiger partial charge in [-0.05, 0) is 19.1 Å². The van der Waals surface area contributed by atoms with Crippen LogP contribution in [0, 0.1) is 11.3 Å². The van der Waals surface area contributed by atoms with Crippen molar-refractivity contribution in [3.8, 4) is 11.8 Å². The monoisotopic (exact) mass is 171 g/mol. The molecule has 0 bridgehead atoms. The Kier molecular flexibility index (Phi) is 1.79. The van der Waals surface area contributed by atoms with Crippen molar-refractivity contribution in [2.75, 3.05) is 0 Å². The molecule has 0 saturated heterocycles. The number of nitrogens with zero attached hydrogens (tertiary/aromatic N) is 1. The molecule has 64 valence electrons. The summed E-state index contributed by atoms with van der Waals surface area (Å²) in [5.74, 6) is 0.856. The van der Waals surface area contributed by atoms with Gasteiger partial charge in [-0.1, -0.05) is 18.2 Å². The van der Waals surface area contributed by atoms with E-state index in [1.807, 2.05) is 37.3 Å². The van der Waals surface area contributed by atoms with Gasteiger partial charge in [-0.2, -0.15) is 5.26 Å². The topological polar surface area (TPSA) is 33.0 Å². The van der Waals surface area contributed by atoms with Gasteiger partial charge >= 0.3 is 0 Å². The molecule has 0 N–H and O–H groups in total. The first kappa shape index (κ1) is 7.88. The molecule has 1 aromatic carbocycles. The molecule has 2 rings (SSSR count). The molecule has 1 atom stereocenters. The number of fused-ring (bicyclic) bond motifs is 1. The number of hydrogen-bond acceptors (Lipinski definition) is 2. The molecule has 0 aliphatic carbocycles. The van der Waals surface area contributed by atoms with Crippen LogP contribution in [-0.4, -0.2) is 6.10 Å². The van der Waals surface area contributed by atoms with E-state index < -0.39 is 0 Å². The number of rotatable bonds is 0. The molecular weight excluding hydrogens is 162 g/mol. The van der Waals surface area contributed by atoms with Crippen LogP contribution in [0.2, 0.25) is 0 Å². The van der Waals surface area contributed by atoms with Gasteiger partial charge in [0, 0.05) is 5.56 Å². The Morgan fingerprint density at radius 2 is 2.15 bits per heavy atom. The predicted octanol–water partition coefficient (Wildman–Crippen LogP) is 2.37. The van der Waals surface area contributed by atoms with E-state index in [1.54, 1.807) is 0 Å². The maximum Gasteiger partial charge on any atom is 0.131 e. The summed E-state index contributed by atoms with van der Waals surface area (Å²) < 4.78 is 5.54. The molecule has 1 aromatic rings. The summed E-state index contributed by atoms with van der Waals surface area (Å²) in [5, 5.41) is 8.79. The lowest BCUT2D eigenvalue weighted by Gasteiger charge is -2.20. The fourth-order valence-electron chi connectivity index (χ4n) is 1.37. The Balaban J connectivity index is 2.51. The van der Waals surface area contributed by atoms with Crippen LogP contribution in [-0.2, 0) is 0 Å². The second-order valence-corrected chi connectivity index (χ2v) is 3.01. The zero-order valence-electron chi connectivity index (χ0n) is 7.32. The van der Waals surface area contributed by atoms with Crippen LogP contribution in [0.5, 0.6) is 5.75 Å². The van der Waals surface area contributed by atoms with E-state index in [0.717, 1.165) is 11.3 Å². The molecular formula is C11H9NO.